The minimum absolute atomic E-state index is 0.0107. The van der Waals surface area contributed by atoms with Gasteiger partial charge in [-0.05, 0) is 24.1 Å². The number of nitrogens with zero attached hydrogens (tertiary/aromatic N) is 1. The number of halogens is 1. The summed E-state index contributed by atoms with van der Waals surface area (Å²) in [6.45, 7) is 1.64. The molecule has 0 atom stereocenters. The largest absolute Gasteiger partial charge is 0.369 e. The van der Waals surface area contributed by atoms with Gasteiger partial charge in [0.1, 0.15) is 0 Å². The number of sulfonamides is 1. The van der Waals surface area contributed by atoms with Crippen molar-refractivity contribution in [2.24, 2.45) is 5.73 Å². The molecule has 0 saturated heterocycles. The van der Waals surface area contributed by atoms with Gasteiger partial charge in [0.05, 0.1) is 12.3 Å². The number of rotatable bonds is 7. The van der Waals surface area contributed by atoms with Crippen molar-refractivity contribution in [3.8, 4) is 0 Å². The molecule has 106 valence electrons. The average molecular weight is 349 g/mol. The van der Waals surface area contributed by atoms with Crippen LogP contribution in [0.2, 0.25) is 0 Å². The van der Waals surface area contributed by atoms with E-state index in [2.05, 4.69) is 15.9 Å². The van der Waals surface area contributed by atoms with Gasteiger partial charge in [-0.15, -0.1) is 0 Å². The average Bonchev–Trinajstić information content (AvgIpc) is 2.30. The Labute approximate surface area is 122 Å². The predicted molar refractivity (Wildman–Crippen MR) is 77.8 cm³/mol. The number of primary amides is 1. The molecule has 0 heterocycles. The standard InChI is InChI=1S/C12H17BrN2O3S/c1-2-7-19(17,18)15(9-12(14)16)8-10-3-5-11(13)6-4-10/h3-6H,2,7-9H2,1H3,(H2,14,16). The highest BCUT2D eigenvalue weighted by atomic mass is 79.9. The highest BCUT2D eigenvalue weighted by Crippen LogP contribution is 2.14. The number of nitrogens with two attached hydrogens (primary N) is 1. The third kappa shape index (κ3) is 5.30. The van der Waals surface area contributed by atoms with E-state index in [0.717, 1.165) is 14.3 Å². The zero-order valence-corrected chi connectivity index (χ0v) is 13.1. The summed E-state index contributed by atoms with van der Waals surface area (Å²) in [6, 6.07) is 7.26. The van der Waals surface area contributed by atoms with E-state index in [4.69, 9.17) is 5.73 Å². The van der Waals surface area contributed by atoms with Crippen LogP contribution in [0.15, 0.2) is 28.7 Å². The Hall–Kier alpha value is -0.920. The summed E-state index contributed by atoms with van der Waals surface area (Å²) in [5.74, 6) is -0.645. The van der Waals surface area contributed by atoms with Gasteiger partial charge in [0.15, 0.2) is 0 Å². The topological polar surface area (TPSA) is 80.5 Å². The van der Waals surface area contributed by atoms with Gasteiger partial charge in [-0.3, -0.25) is 4.79 Å². The van der Waals surface area contributed by atoms with Crippen LogP contribution in [0, 0.1) is 0 Å². The highest BCUT2D eigenvalue weighted by molar-refractivity contribution is 9.10. The van der Waals surface area contributed by atoms with Crippen molar-refractivity contribution in [3.63, 3.8) is 0 Å². The summed E-state index contributed by atoms with van der Waals surface area (Å²) >= 11 is 3.31. The number of amides is 1. The molecule has 1 rings (SSSR count). The van der Waals surface area contributed by atoms with Crippen LogP contribution in [0.3, 0.4) is 0 Å². The lowest BCUT2D eigenvalue weighted by atomic mass is 10.2. The van der Waals surface area contributed by atoms with E-state index >= 15 is 0 Å². The van der Waals surface area contributed by atoms with Gasteiger partial charge in [0.25, 0.3) is 0 Å². The fourth-order valence-corrected chi connectivity index (χ4v) is 3.32. The Bertz CT molecular complexity index is 528. The van der Waals surface area contributed by atoms with Gasteiger partial charge in [-0.25, -0.2) is 8.42 Å². The second-order valence-corrected chi connectivity index (χ2v) is 7.18. The van der Waals surface area contributed by atoms with Crippen LogP contribution in [0.4, 0.5) is 0 Å². The third-order valence-electron chi connectivity index (χ3n) is 2.46. The second-order valence-electron chi connectivity index (χ2n) is 4.18. The molecule has 0 aliphatic carbocycles. The van der Waals surface area contributed by atoms with E-state index in [0.29, 0.717) is 6.42 Å². The summed E-state index contributed by atoms with van der Waals surface area (Å²) in [5, 5.41) is 0. The number of benzene rings is 1. The van der Waals surface area contributed by atoms with Crippen molar-refractivity contribution in [2.75, 3.05) is 12.3 Å². The van der Waals surface area contributed by atoms with Crippen LogP contribution in [0.5, 0.6) is 0 Å². The summed E-state index contributed by atoms with van der Waals surface area (Å²) in [7, 11) is -3.46. The Morgan fingerprint density at radius 2 is 1.89 bits per heavy atom. The van der Waals surface area contributed by atoms with Crippen molar-refractivity contribution in [2.45, 2.75) is 19.9 Å². The summed E-state index contributed by atoms with van der Waals surface area (Å²) in [6.07, 6.45) is 0.498. The van der Waals surface area contributed by atoms with Crippen LogP contribution in [0.25, 0.3) is 0 Å². The minimum atomic E-state index is -3.46. The van der Waals surface area contributed by atoms with E-state index in [1.165, 1.54) is 0 Å². The molecule has 1 aromatic carbocycles. The van der Waals surface area contributed by atoms with Crippen molar-refractivity contribution in [3.05, 3.63) is 34.3 Å². The molecule has 0 radical (unpaired) electrons. The number of carbonyl (C=O) groups excluding carboxylic acids is 1. The molecule has 1 amide bonds. The van der Waals surface area contributed by atoms with Gasteiger partial charge in [-0.1, -0.05) is 35.0 Å². The molecule has 0 aliphatic heterocycles. The molecular weight excluding hydrogens is 332 g/mol. The van der Waals surface area contributed by atoms with E-state index in [1.54, 1.807) is 19.1 Å². The van der Waals surface area contributed by atoms with Gasteiger partial charge in [0.2, 0.25) is 15.9 Å². The fraction of sp³-hybridized carbons (Fsp3) is 0.417. The number of hydrogen-bond donors (Lipinski definition) is 1. The molecular formula is C12H17BrN2O3S. The lowest BCUT2D eigenvalue weighted by Gasteiger charge is -2.20. The molecule has 0 aliphatic rings. The maximum Gasteiger partial charge on any atom is 0.232 e. The maximum absolute atomic E-state index is 12.0. The molecule has 0 spiro atoms. The van der Waals surface area contributed by atoms with Crippen LogP contribution >= 0.6 is 15.9 Å². The Morgan fingerprint density at radius 3 is 2.37 bits per heavy atom. The molecule has 2 N–H and O–H groups in total. The predicted octanol–water partition coefficient (Wildman–Crippen LogP) is 1.48. The molecule has 0 aromatic heterocycles. The summed E-state index contributed by atoms with van der Waals surface area (Å²) in [5.41, 5.74) is 5.92. The Morgan fingerprint density at radius 1 is 1.32 bits per heavy atom. The highest BCUT2D eigenvalue weighted by Gasteiger charge is 2.22. The van der Waals surface area contributed by atoms with Gasteiger partial charge in [0, 0.05) is 11.0 Å². The third-order valence-corrected chi connectivity index (χ3v) is 4.96. The molecule has 0 bridgehead atoms. The molecule has 5 nitrogen and oxygen atoms in total. The lowest BCUT2D eigenvalue weighted by molar-refractivity contribution is -0.118. The molecule has 0 fully saturated rings. The first-order valence-electron chi connectivity index (χ1n) is 5.85. The first-order valence-corrected chi connectivity index (χ1v) is 8.26. The van der Waals surface area contributed by atoms with E-state index in [-0.39, 0.29) is 18.8 Å². The van der Waals surface area contributed by atoms with Crippen LogP contribution in [-0.4, -0.2) is 30.9 Å². The van der Waals surface area contributed by atoms with Crippen molar-refractivity contribution in [1.82, 2.24) is 4.31 Å². The Kier molecular flexibility index (Phi) is 5.96. The number of carbonyl (C=O) groups is 1. The monoisotopic (exact) mass is 348 g/mol. The summed E-state index contributed by atoms with van der Waals surface area (Å²) in [4.78, 5) is 11.0. The van der Waals surface area contributed by atoms with Crippen LogP contribution < -0.4 is 5.73 Å². The van der Waals surface area contributed by atoms with Crippen LogP contribution in [-0.2, 0) is 21.4 Å². The molecule has 7 heteroatoms. The van der Waals surface area contributed by atoms with Gasteiger partial charge >= 0.3 is 0 Å². The lowest BCUT2D eigenvalue weighted by Crippen LogP contribution is -2.39. The van der Waals surface area contributed by atoms with E-state index in [1.807, 2.05) is 12.1 Å². The van der Waals surface area contributed by atoms with Crippen molar-refractivity contribution < 1.29 is 13.2 Å². The molecule has 0 unspecified atom stereocenters. The summed E-state index contributed by atoms with van der Waals surface area (Å²) < 4.78 is 26.1. The molecule has 0 saturated carbocycles. The molecule has 1 aromatic rings. The zero-order chi connectivity index (χ0) is 14.5. The second kappa shape index (κ2) is 7.02. The van der Waals surface area contributed by atoms with Gasteiger partial charge in [-0.2, -0.15) is 4.31 Å². The van der Waals surface area contributed by atoms with E-state index < -0.39 is 15.9 Å². The first kappa shape index (κ1) is 16.1. The quantitative estimate of drug-likeness (QED) is 0.810. The van der Waals surface area contributed by atoms with Crippen molar-refractivity contribution in [1.29, 1.82) is 0 Å². The normalized spacial score (nSPS) is 11.7. The molecule has 19 heavy (non-hydrogen) atoms. The van der Waals surface area contributed by atoms with Gasteiger partial charge < -0.3 is 5.73 Å². The van der Waals surface area contributed by atoms with E-state index in [9.17, 15) is 13.2 Å². The Balaban J connectivity index is 2.92. The maximum atomic E-state index is 12.0. The SMILES string of the molecule is CCCS(=O)(=O)N(CC(N)=O)Cc1ccc(Br)cc1. The zero-order valence-electron chi connectivity index (χ0n) is 10.7. The van der Waals surface area contributed by atoms with Crippen molar-refractivity contribution >= 4 is 31.9 Å². The van der Waals surface area contributed by atoms with Crippen LogP contribution in [0.1, 0.15) is 18.9 Å². The minimum Gasteiger partial charge on any atom is -0.369 e. The number of hydrogen-bond acceptors (Lipinski definition) is 3. The fourth-order valence-electron chi connectivity index (χ4n) is 1.61. The first-order chi connectivity index (χ1) is 8.85. The smallest absolute Gasteiger partial charge is 0.232 e.